The minimum atomic E-state index is -3.79. The molecule has 2 N–H and O–H groups in total. The number of aryl methyl sites for hydroxylation is 1. The molecule has 0 aromatic heterocycles. The van der Waals surface area contributed by atoms with E-state index in [1.807, 2.05) is 0 Å². The standard InChI is InChI=1S/C22H33FN4O5S/c1-17-16-18(23)5-6-20(17)33(30,31)27-10-3-2-4-19(27)7-8-24-21(28)22(29)25-9-11-26-12-14-32-15-13-26/h5-6,16,19H,2-4,7-15H2,1H3,(H,24,28)(H,25,29)/t19-/m1/s1. The lowest BCUT2D eigenvalue weighted by atomic mass is 10.0. The highest BCUT2D eigenvalue weighted by Crippen LogP contribution is 2.28. The third-order valence-corrected chi connectivity index (χ3v) is 8.20. The predicted octanol–water partition coefficient (Wildman–Crippen LogP) is 0.632. The summed E-state index contributed by atoms with van der Waals surface area (Å²) in [5, 5.41) is 5.21. The summed E-state index contributed by atoms with van der Waals surface area (Å²) in [4.78, 5) is 26.4. The molecule has 1 atom stereocenters. The smallest absolute Gasteiger partial charge is 0.309 e. The van der Waals surface area contributed by atoms with Gasteiger partial charge in [-0.25, -0.2) is 12.8 Å². The van der Waals surface area contributed by atoms with Gasteiger partial charge in [0.2, 0.25) is 10.0 Å². The van der Waals surface area contributed by atoms with Crippen LogP contribution >= 0.6 is 0 Å². The first-order chi connectivity index (χ1) is 15.8. The highest BCUT2D eigenvalue weighted by molar-refractivity contribution is 7.89. The van der Waals surface area contributed by atoms with Crippen LogP contribution in [0.15, 0.2) is 23.1 Å². The number of halogens is 1. The van der Waals surface area contributed by atoms with Crippen molar-refractivity contribution in [1.82, 2.24) is 19.8 Å². The molecule has 0 bridgehead atoms. The minimum Gasteiger partial charge on any atom is -0.379 e. The van der Waals surface area contributed by atoms with E-state index in [-0.39, 0.29) is 17.5 Å². The normalized spacial score (nSPS) is 20.4. The van der Waals surface area contributed by atoms with Gasteiger partial charge in [0.05, 0.1) is 18.1 Å². The first-order valence-electron chi connectivity index (χ1n) is 11.4. The number of hydrogen-bond acceptors (Lipinski definition) is 6. The number of carbonyl (C=O) groups excluding carboxylic acids is 2. The summed E-state index contributed by atoms with van der Waals surface area (Å²) in [6.07, 6.45) is 2.69. The van der Waals surface area contributed by atoms with E-state index in [2.05, 4.69) is 15.5 Å². The van der Waals surface area contributed by atoms with Crippen LogP contribution in [-0.2, 0) is 24.3 Å². The molecule has 184 valence electrons. The fourth-order valence-corrected chi connectivity index (χ4v) is 6.20. The molecular formula is C22H33FN4O5S. The number of carbonyl (C=O) groups is 2. The van der Waals surface area contributed by atoms with Gasteiger partial charge in [-0.1, -0.05) is 6.42 Å². The van der Waals surface area contributed by atoms with Crippen molar-refractivity contribution in [2.75, 3.05) is 52.5 Å². The van der Waals surface area contributed by atoms with E-state index in [4.69, 9.17) is 4.74 Å². The monoisotopic (exact) mass is 484 g/mol. The summed E-state index contributed by atoms with van der Waals surface area (Å²) in [5.74, 6) is -1.90. The molecule has 0 radical (unpaired) electrons. The van der Waals surface area contributed by atoms with Crippen molar-refractivity contribution in [2.45, 2.75) is 43.5 Å². The van der Waals surface area contributed by atoms with Crippen LogP contribution in [0.25, 0.3) is 0 Å². The van der Waals surface area contributed by atoms with Crippen LogP contribution in [0.3, 0.4) is 0 Å². The maximum atomic E-state index is 13.4. The number of rotatable bonds is 8. The van der Waals surface area contributed by atoms with Crippen LogP contribution in [0, 0.1) is 12.7 Å². The van der Waals surface area contributed by atoms with Crippen LogP contribution in [0.5, 0.6) is 0 Å². The molecule has 2 saturated heterocycles. The minimum absolute atomic E-state index is 0.0967. The highest BCUT2D eigenvalue weighted by Gasteiger charge is 2.34. The molecule has 2 amide bonds. The summed E-state index contributed by atoms with van der Waals surface area (Å²) >= 11 is 0. The van der Waals surface area contributed by atoms with E-state index in [0.29, 0.717) is 51.3 Å². The Bertz CT molecular complexity index is 937. The summed E-state index contributed by atoms with van der Waals surface area (Å²) in [6, 6.07) is 3.37. The molecule has 3 rings (SSSR count). The molecule has 0 unspecified atom stereocenters. The Hall–Kier alpha value is -2.08. The largest absolute Gasteiger partial charge is 0.379 e. The van der Waals surface area contributed by atoms with Crippen LogP contribution in [0.4, 0.5) is 4.39 Å². The second-order valence-corrected chi connectivity index (χ2v) is 10.3. The average molecular weight is 485 g/mol. The molecule has 2 fully saturated rings. The van der Waals surface area contributed by atoms with Crippen LogP contribution < -0.4 is 10.6 Å². The van der Waals surface area contributed by atoms with Crippen molar-refractivity contribution in [2.24, 2.45) is 0 Å². The van der Waals surface area contributed by atoms with Gasteiger partial charge in [-0.05, 0) is 49.9 Å². The fourth-order valence-electron chi connectivity index (χ4n) is 4.27. The van der Waals surface area contributed by atoms with Gasteiger partial charge in [-0.3, -0.25) is 14.5 Å². The SMILES string of the molecule is Cc1cc(F)ccc1S(=O)(=O)N1CCCC[C@@H]1CCNC(=O)C(=O)NCCN1CCOCC1. The van der Waals surface area contributed by atoms with Crippen LogP contribution in [0.2, 0.25) is 0 Å². The number of morpholine rings is 1. The summed E-state index contributed by atoms with van der Waals surface area (Å²) in [7, 11) is -3.79. The lowest BCUT2D eigenvalue weighted by Gasteiger charge is -2.35. The van der Waals surface area contributed by atoms with E-state index in [1.54, 1.807) is 6.92 Å². The Kier molecular flexibility index (Phi) is 9.19. The molecule has 1 aromatic carbocycles. The number of piperidine rings is 1. The van der Waals surface area contributed by atoms with Crippen molar-refractivity contribution >= 4 is 21.8 Å². The number of nitrogens with zero attached hydrogens (tertiary/aromatic N) is 2. The van der Waals surface area contributed by atoms with Gasteiger partial charge in [-0.2, -0.15) is 4.31 Å². The Labute approximate surface area is 194 Å². The molecule has 2 aliphatic rings. The molecule has 11 heteroatoms. The van der Waals surface area contributed by atoms with Gasteiger partial charge in [0.25, 0.3) is 0 Å². The third kappa shape index (κ3) is 6.95. The first kappa shape index (κ1) is 25.5. The lowest BCUT2D eigenvalue weighted by Crippen LogP contribution is -2.47. The number of amides is 2. The van der Waals surface area contributed by atoms with Gasteiger partial charge in [0.1, 0.15) is 5.82 Å². The Morgan fingerprint density at radius 1 is 1.09 bits per heavy atom. The molecule has 2 aliphatic heterocycles. The first-order valence-corrected chi connectivity index (χ1v) is 12.9. The van der Waals surface area contributed by atoms with Crippen molar-refractivity contribution < 1.29 is 27.1 Å². The Balaban J connectivity index is 1.48. The number of nitrogens with one attached hydrogen (secondary N) is 2. The number of benzene rings is 1. The van der Waals surface area contributed by atoms with Gasteiger partial charge in [0.15, 0.2) is 0 Å². The van der Waals surface area contributed by atoms with E-state index in [0.717, 1.165) is 32.0 Å². The van der Waals surface area contributed by atoms with E-state index < -0.39 is 27.7 Å². The van der Waals surface area contributed by atoms with E-state index in [1.165, 1.54) is 16.4 Å². The van der Waals surface area contributed by atoms with Crippen molar-refractivity contribution in [3.63, 3.8) is 0 Å². The molecule has 0 aliphatic carbocycles. The van der Waals surface area contributed by atoms with E-state index in [9.17, 15) is 22.4 Å². The molecule has 2 heterocycles. The Morgan fingerprint density at radius 3 is 2.48 bits per heavy atom. The predicted molar refractivity (Wildman–Crippen MR) is 121 cm³/mol. The zero-order valence-electron chi connectivity index (χ0n) is 19.0. The summed E-state index contributed by atoms with van der Waals surface area (Å²) in [6.45, 7) is 6.12. The van der Waals surface area contributed by atoms with Gasteiger partial charge >= 0.3 is 11.8 Å². The maximum absolute atomic E-state index is 13.4. The fraction of sp³-hybridized carbons (Fsp3) is 0.636. The molecule has 0 spiro atoms. The van der Waals surface area contributed by atoms with Crippen molar-refractivity contribution in [1.29, 1.82) is 0 Å². The highest BCUT2D eigenvalue weighted by atomic mass is 32.2. The summed E-state index contributed by atoms with van der Waals surface area (Å²) in [5.41, 5.74) is 0.362. The second kappa shape index (κ2) is 11.9. The molecule has 33 heavy (non-hydrogen) atoms. The van der Waals surface area contributed by atoms with Gasteiger partial charge in [0, 0.05) is 45.3 Å². The van der Waals surface area contributed by atoms with Gasteiger partial charge in [-0.15, -0.1) is 0 Å². The van der Waals surface area contributed by atoms with Gasteiger partial charge < -0.3 is 15.4 Å². The van der Waals surface area contributed by atoms with E-state index >= 15 is 0 Å². The zero-order valence-corrected chi connectivity index (χ0v) is 19.8. The average Bonchev–Trinajstić information content (AvgIpc) is 2.79. The number of sulfonamides is 1. The quantitative estimate of drug-likeness (QED) is 0.524. The topological polar surface area (TPSA) is 108 Å². The second-order valence-electron chi connectivity index (χ2n) is 8.43. The van der Waals surface area contributed by atoms with Crippen LogP contribution in [0.1, 0.15) is 31.2 Å². The summed E-state index contributed by atoms with van der Waals surface area (Å²) < 4.78 is 46.6. The zero-order chi connectivity index (χ0) is 23.8. The van der Waals surface area contributed by atoms with Crippen molar-refractivity contribution in [3.8, 4) is 0 Å². The van der Waals surface area contributed by atoms with Crippen molar-refractivity contribution in [3.05, 3.63) is 29.6 Å². The maximum Gasteiger partial charge on any atom is 0.309 e. The number of ether oxygens (including phenoxy) is 1. The molecule has 9 nitrogen and oxygen atoms in total. The molecule has 0 saturated carbocycles. The Morgan fingerprint density at radius 2 is 1.79 bits per heavy atom. The van der Waals surface area contributed by atoms with Crippen LogP contribution in [-0.4, -0.2) is 88.0 Å². The third-order valence-electron chi connectivity index (χ3n) is 6.08. The molecular weight excluding hydrogens is 451 g/mol. The number of hydrogen-bond donors (Lipinski definition) is 2. The molecule has 1 aromatic rings. The lowest BCUT2D eigenvalue weighted by molar-refractivity contribution is -0.139.